The van der Waals surface area contributed by atoms with E-state index >= 15 is 0 Å². The van der Waals surface area contributed by atoms with Crippen LogP contribution in [0.5, 0.6) is 5.75 Å². The second kappa shape index (κ2) is 4.90. The quantitative estimate of drug-likeness (QED) is 0.487. The molecule has 1 N–H and O–H groups in total. The molecule has 1 aromatic rings. The molecule has 0 fully saturated rings. The van der Waals surface area contributed by atoms with Gasteiger partial charge in [0.15, 0.2) is 0 Å². The number of hydrogen-bond donors (Lipinski definition) is 1. The molecule has 16 heavy (non-hydrogen) atoms. The maximum Gasteiger partial charge on any atom is 0.357 e. The van der Waals surface area contributed by atoms with Crippen LogP contribution in [0.25, 0.3) is 0 Å². The van der Waals surface area contributed by atoms with Crippen LogP contribution in [0.3, 0.4) is 0 Å². The van der Waals surface area contributed by atoms with Crippen LogP contribution in [0.1, 0.15) is 0 Å². The minimum atomic E-state index is -2.49. The summed E-state index contributed by atoms with van der Waals surface area (Å²) in [5.41, 5.74) is 0.203. The summed E-state index contributed by atoms with van der Waals surface area (Å²) in [5.74, 6) is -0.0295. The van der Waals surface area contributed by atoms with E-state index in [1.807, 2.05) is 0 Å². The van der Waals surface area contributed by atoms with Gasteiger partial charge in [-0.2, -0.15) is 4.21 Å². The molecular formula is C8H10N2O5S. The van der Waals surface area contributed by atoms with Crippen LogP contribution in [-0.2, 0) is 11.4 Å². The fraction of sp³-hybridized carbons (Fsp3) is 0.250. The number of rotatable bonds is 4. The number of benzene rings is 1. The molecule has 1 aromatic carbocycles. The van der Waals surface area contributed by atoms with Crippen LogP contribution in [0.4, 0.5) is 11.4 Å². The Labute approximate surface area is 94.3 Å². The molecule has 0 aromatic heterocycles. The molecule has 0 saturated heterocycles. The summed E-state index contributed by atoms with van der Waals surface area (Å²) in [6, 6.07) is 3.93. The number of nitro groups is 1. The summed E-state index contributed by atoms with van der Waals surface area (Å²) in [6.07, 6.45) is 0. The van der Waals surface area contributed by atoms with Gasteiger partial charge < -0.3 is 9.08 Å². The van der Waals surface area contributed by atoms with E-state index in [-0.39, 0.29) is 11.4 Å². The molecule has 0 bridgehead atoms. The highest BCUT2D eigenvalue weighted by Crippen LogP contribution is 2.30. The van der Waals surface area contributed by atoms with Crippen molar-refractivity contribution < 1.29 is 17.9 Å². The Bertz CT molecular complexity index is 434. The zero-order chi connectivity index (χ0) is 12.3. The maximum atomic E-state index is 10.7. The smallest absolute Gasteiger partial charge is 0.357 e. The van der Waals surface area contributed by atoms with Crippen LogP contribution in [-0.4, -0.2) is 27.8 Å². The number of hydrogen-bond acceptors (Lipinski definition) is 5. The number of nitro benzene ring substituents is 1. The van der Waals surface area contributed by atoms with Crippen molar-refractivity contribution in [1.29, 1.82) is 0 Å². The van der Waals surface area contributed by atoms with Crippen molar-refractivity contribution >= 4 is 22.7 Å². The molecule has 1 rings (SSSR count). The van der Waals surface area contributed by atoms with E-state index in [9.17, 15) is 14.3 Å². The maximum absolute atomic E-state index is 10.7. The summed E-state index contributed by atoms with van der Waals surface area (Å²) in [7, 11) is 3.32. The van der Waals surface area contributed by atoms with E-state index in [2.05, 4.69) is 4.18 Å². The van der Waals surface area contributed by atoms with Gasteiger partial charge in [-0.25, -0.2) is 0 Å². The predicted molar refractivity (Wildman–Crippen MR) is 58.8 cm³/mol. The molecule has 0 spiro atoms. The van der Waals surface area contributed by atoms with Crippen LogP contribution >= 0.6 is 0 Å². The van der Waals surface area contributed by atoms with Gasteiger partial charge in [0.1, 0.15) is 11.4 Å². The standard InChI is InChI=1S/C8H10N2O5S/c1-9(2)7-4-3-6(15-16(13)14)5-8(7)10(11)12/h3-5H,1-2H3,(H,13,14). The third kappa shape index (κ3) is 2.91. The SMILES string of the molecule is CN(C)c1ccc(OS(=O)O)cc1[N+](=O)[O-]. The van der Waals surface area contributed by atoms with Crippen molar-refractivity contribution in [3.05, 3.63) is 28.3 Å². The number of nitrogens with zero attached hydrogens (tertiary/aromatic N) is 2. The van der Waals surface area contributed by atoms with Gasteiger partial charge in [0.2, 0.25) is 0 Å². The summed E-state index contributed by atoms with van der Waals surface area (Å²) >= 11 is -2.49. The van der Waals surface area contributed by atoms with Crippen molar-refractivity contribution in [3.63, 3.8) is 0 Å². The monoisotopic (exact) mass is 246 g/mol. The molecule has 0 saturated carbocycles. The van der Waals surface area contributed by atoms with Crippen molar-refractivity contribution in [2.24, 2.45) is 0 Å². The Kier molecular flexibility index (Phi) is 3.80. The molecule has 0 aliphatic heterocycles. The van der Waals surface area contributed by atoms with Crippen LogP contribution in [0.2, 0.25) is 0 Å². The summed E-state index contributed by atoms with van der Waals surface area (Å²) in [5, 5.41) is 10.7. The van der Waals surface area contributed by atoms with Crippen molar-refractivity contribution in [1.82, 2.24) is 0 Å². The third-order valence-corrected chi connectivity index (χ3v) is 2.13. The van der Waals surface area contributed by atoms with Gasteiger partial charge in [-0.3, -0.25) is 14.7 Å². The molecular weight excluding hydrogens is 236 g/mol. The third-order valence-electron chi connectivity index (χ3n) is 1.79. The van der Waals surface area contributed by atoms with Gasteiger partial charge in [-0.05, 0) is 12.1 Å². The van der Waals surface area contributed by atoms with Gasteiger partial charge in [0, 0.05) is 14.1 Å². The Morgan fingerprint density at radius 1 is 1.50 bits per heavy atom. The second-order valence-electron chi connectivity index (χ2n) is 3.10. The van der Waals surface area contributed by atoms with Gasteiger partial charge in [-0.1, -0.05) is 0 Å². The molecule has 1 unspecified atom stereocenters. The molecule has 0 aliphatic carbocycles. The van der Waals surface area contributed by atoms with E-state index in [1.54, 1.807) is 19.0 Å². The summed E-state index contributed by atoms with van der Waals surface area (Å²) in [6.45, 7) is 0. The summed E-state index contributed by atoms with van der Waals surface area (Å²) < 4.78 is 23.3. The molecule has 8 heteroatoms. The first-order valence-corrected chi connectivity index (χ1v) is 5.20. The van der Waals surface area contributed by atoms with Gasteiger partial charge in [-0.15, -0.1) is 0 Å². The molecule has 0 aliphatic rings. The highest BCUT2D eigenvalue weighted by atomic mass is 32.2. The van der Waals surface area contributed by atoms with E-state index < -0.39 is 16.3 Å². The molecule has 88 valence electrons. The highest BCUT2D eigenvalue weighted by Gasteiger charge is 2.17. The first kappa shape index (κ1) is 12.4. The van der Waals surface area contributed by atoms with Gasteiger partial charge >= 0.3 is 11.4 Å². The molecule has 0 heterocycles. The van der Waals surface area contributed by atoms with Crippen LogP contribution in [0.15, 0.2) is 18.2 Å². The van der Waals surface area contributed by atoms with Crippen molar-refractivity contribution in [2.45, 2.75) is 0 Å². The van der Waals surface area contributed by atoms with Gasteiger partial charge in [0.05, 0.1) is 11.0 Å². The van der Waals surface area contributed by atoms with Crippen LogP contribution in [0, 0.1) is 10.1 Å². The fourth-order valence-electron chi connectivity index (χ4n) is 1.16. The lowest BCUT2D eigenvalue weighted by Crippen LogP contribution is -2.11. The Morgan fingerprint density at radius 2 is 2.12 bits per heavy atom. The first-order chi connectivity index (χ1) is 7.41. The van der Waals surface area contributed by atoms with Gasteiger partial charge in [0.25, 0.3) is 5.69 Å². The van der Waals surface area contributed by atoms with E-state index in [0.717, 1.165) is 6.07 Å². The topological polar surface area (TPSA) is 92.9 Å². The van der Waals surface area contributed by atoms with Crippen molar-refractivity contribution in [2.75, 3.05) is 19.0 Å². The minimum absolute atomic E-state index is 0.0295. The molecule has 0 radical (unpaired) electrons. The lowest BCUT2D eigenvalue weighted by atomic mass is 10.2. The van der Waals surface area contributed by atoms with E-state index in [0.29, 0.717) is 5.69 Å². The first-order valence-electron chi connectivity index (χ1n) is 4.16. The Hall–Kier alpha value is -1.67. The van der Waals surface area contributed by atoms with Crippen LogP contribution < -0.4 is 9.08 Å². The average molecular weight is 246 g/mol. The zero-order valence-electron chi connectivity index (χ0n) is 8.61. The lowest BCUT2D eigenvalue weighted by molar-refractivity contribution is -0.384. The normalized spacial score (nSPS) is 11.9. The Balaban J connectivity index is 3.17. The summed E-state index contributed by atoms with van der Waals surface area (Å²) in [4.78, 5) is 11.7. The largest absolute Gasteiger partial charge is 0.380 e. The molecule has 7 nitrogen and oxygen atoms in total. The van der Waals surface area contributed by atoms with E-state index in [4.69, 9.17) is 4.55 Å². The highest BCUT2D eigenvalue weighted by molar-refractivity contribution is 7.74. The Morgan fingerprint density at radius 3 is 2.56 bits per heavy atom. The van der Waals surface area contributed by atoms with E-state index in [1.165, 1.54) is 12.1 Å². The number of anilines is 1. The van der Waals surface area contributed by atoms with Crippen molar-refractivity contribution in [3.8, 4) is 5.75 Å². The second-order valence-corrected chi connectivity index (χ2v) is 3.70. The predicted octanol–water partition coefficient (Wildman–Crippen LogP) is 1.18. The lowest BCUT2D eigenvalue weighted by Gasteiger charge is -2.12. The fourth-order valence-corrected chi connectivity index (χ4v) is 1.43. The zero-order valence-corrected chi connectivity index (χ0v) is 9.43. The molecule has 1 atom stereocenters. The minimum Gasteiger partial charge on any atom is -0.380 e. The molecule has 0 amide bonds. The average Bonchev–Trinajstić information content (AvgIpc) is 2.16.